The molecule has 0 saturated carbocycles. The summed E-state index contributed by atoms with van der Waals surface area (Å²) in [4.78, 5) is 11.8. The molecule has 0 fully saturated rings. The molecule has 0 aliphatic carbocycles. The lowest BCUT2D eigenvalue weighted by molar-refractivity contribution is 0.262. The van der Waals surface area contributed by atoms with Crippen LogP contribution in [-0.2, 0) is 0 Å². The molecule has 2 amide bonds. The summed E-state index contributed by atoms with van der Waals surface area (Å²) in [5, 5.41) is 5.41. The summed E-state index contributed by atoms with van der Waals surface area (Å²) in [5.74, 6) is 0.0671. The van der Waals surface area contributed by atoms with Gasteiger partial charge in [0.15, 0.2) is 0 Å². The van der Waals surface area contributed by atoms with Gasteiger partial charge in [0.1, 0.15) is 5.82 Å². The van der Waals surface area contributed by atoms with E-state index in [1.54, 1.807) is 0 Å². The van der Waals surface area contributed by atoms with E-state index < -0.39 is 0 Å². The van der Waals surface area contributed by atoms with Crippen LogP contribution in [0.4, 0.5) is 20.6 Å². The van der Waals surface area contributed by atoms with Crippen molar-refractivity contribution in [3.05, 3.63) is 59.9 Å². The number of urea groups is 1. The predicted octanol–water partition coefficient (Wildman–Crippen LogP) is 4.59. The lowest BCUT2D eigenvalue weighted by Crippen LogP contribution is -2.19. The zero-order valence-electron chi connectivity index (χ0n) is 11.5. The highest BCUT2D eigenvalue weighted by Crippen LogP contribution is 2.18. The normalized spacial score (nSPS) is 10.4. The van der Waals surface area contributed by atoms with Crippen LogP contribution in [0.5, 0.6) is 0 Å². The molecule has 104 valence electrons. The summed E-state index contributed by atoms with van der Waals surface area (Å²) in [6.45, 7) is 4.19. The van der Waals surface area contributed by atoms with Crippen molar-refractivity contribution in [3.63, 3.8) is 0 Å². The third-order valence-corrected chi connectivity index (χ3v) is 2.91. The lowest BCUT2D eigenvalue weighted by Gasteiger charge is -2.10. The Morgan fingerprint density at radius 1 is 1.00 bits per heavy atom. The van der Waals surface area contributed by atoms with E-state index in [4.69, 9.17) is 0 Å². The van der Waals surface area contributed by atoms with E-state index in [1.807, 2.05) is 24.3 Å². The molecule has 0 bridgehead atoms. The smallest absolute Gasteiger partial charge is 0.308 e. The van der Waals surface area contributed by atoms with Gasteiger partial charge in [-0.2, -0.15) is 0 Å². The van der Waals surface area contributed by atoms with Gasteiger partial charge >= 0.3 is 6.03 Å². The molecule has 0 aliphatic heterocycles. The number of benzene rings is 2. The van der Waals surface area contributed by atoms with E-state index >= 15 is 0 Å². The third kappa shape index (κ3) is 3.82. The maximum Gasteiger partial charge on any atom is 0.323 e. The van der Waals surface area contributed by atoms with Crippen LogP contribution < -0.4 is 10.6 Å². The number of carbonyl (C=O) groups is 1. The Labute approximate surface area is 117 Å². The van der Waals surface area contributed by atoms with Crippen molar-refractivity contribution in [2.45, 2.75) is 19.8 Å². The molecular weight excluding hydrogens is 255 g/mol. The highest BCUT2D eigenvalue weighted by Gasteiger charge is 2.05. The molecule has 0 aliphatic rings. The molecule has 0 aromatic heterocycles. The number of rotatable bonds is 3. The molecule has 2 aromatic rings. The quantitative estimate of drug-likeness (QED) is 0.842. The fourth-order valence-corrected chi connectivity index (χ4v) is 1.80. The number of anilines is 2. The van der Waals surface area contributed by atoms with E-state index in [9.17, 15) is 9.18 Å². The second kappa shape index (κ2) is 6.19. The van der Waals surface area contributed by atoms with Gasteiger partial charge in [-0.05, 0) is 47.9 Å². The zero-order valence-corrected chi connectivity index (χ0v) is 11.5. The Morgan fingerprint density at radius 3 is 2.30 bits per heavy atom. The van der Waals surface area contributed by atoms with Gasteiger partial charge in [0, 0.05) is 11.4 Å². The summed E-state index contributed by atoms with van der Waals surface area (Å²) in [6, 6.07) is 13.0. The molecule has 2 rings (SSSR count). The van der Waals surface area contributed by atoms with Crippen molar-refractivity contribution in [1.29, 1.82) is 0 Å². The van der Waals surface area contributed by atoms with Gasteiger partial charge in [0.25, 0.3) is 0 Å². The molecular formula is C16H17FN2O. The van der Waals surface area contributed by atoms with Crippen LogP contribution in [-0.4, -0.2) is 6.03 Å². The van der Waals surface area contributed by atoms with Crippen LogP contribution in [0.25, 0.3) is 0 Å². The average Bonchev–Trinajstić information content (AvgIpc) is 2.41. The van der Waals surface area contributed by atoms with E-state index in [1.165, 1.54) is 24.3 Å². The van der Waals surface area contributed by atoms with Crippen molar-refractivity contribution >= 4 is 17.4 Å². The molecule has 0 radical (unpaired) electrons. The maximum atomic E-state index is 12.8. The molecule has 2 aromatic carbocycles. The minimum atomic E-state index is -0.350. The Kier molecular flexibility index (Phi) is 4.35. The van der Waals surface area contributed by atoms with Crippen molar-refractivity contribution in [2.24, 2.45) is 0 Å². The molecule has 2 N–H and O–H groups in total. The first-order valence-corrected chi connectivity index (χ1v) is 6.48. The lowest BCUT2D eigenvalue weighted by atomic mass is 10.0. The topological polar surface area (TPSA) is 41.1 Å². The second-order valence-corrected chi connectivity index (χ2v) is 4.87. The van der Waals surface area contributed by atoms with Crippen LogP contribution in [0.2, 0.25) is 0 Å². The van der Waals surface area contributed by atoms with Crippen molar-refractivity contribution in [3.8, 4) is 0 Å². The highest BCUT2D eigenvalue weighted by molar-refractivity contribution is 5.99. The van der Waals surface area contributed by atoms with Crippen molar-refractivity contribution in [2.75, 3.05) is 10.6 Å². The predicted molar refractivity (Wildman–Crippen MR) is 79.6 cm³/mol. The van der Waals surface area contributed by atoms with Gasteiger partial charge in [-0.15, -0.1) is 0 Å². The summed E-state index contributed by atoms with van der Waals surface area (Å²) in [5.41, 5.74) is 2.43. The monoisotopic (exact) mass is 272 g/mol. The van der Waals surface area contributed by atoms with Gasteiger partial charge in [-0.25, -0.2) is 9.18 Å². The highest BCUT2D eigenvalue weighted by atomic mass is 19.1. The first-order chi connectivity index (χ1) is 9.54. The molecule has 20 heavy (non-hydrogen) atoms. The number of hydrogen-bond donors (Lipinski definition) is 2. The minimum absolute atomic E-state index is 0.333. The van der Waals surface area contributed by atoms with Gasteiger partial charge in [-0.3, -0.25) is 0 Å². The summed E-state index contributed by atoms with van der Waals surface area (Å²) >= 11 is 0. The van der Waals surface area contributed by atoms with Gasteiger partial charge in [-0.1, -0.05) is 26.0 Å². The van der Waals surface area contributed by atoms with E-state index in [2.05, 4.69) is 24.5 Å². The van der Waals surface area contributed by atoms with E-state index in [0.29, 0.717) is 11.6 Å². The van der Waals surface area contributed by atoms with Crippen molar-refractivity contribution in [1.82, 2.24) is 0 Å². The zero-order chi connectivity index (χ0) is 14.5. The standard InChI is InChI=1S/C16H17FN2O/c1-11(2)12-4-3-5-15(10-12)19-16(20)18-14-8-6-13(17)7-9-14/h3-11H,1-2H3,(H2,18,19,20). The summed E-state index contributed by atoms with van der Waals surface area (Å²) < 4.78 is 12.8. The fourth-order valence-electron chi connectivity index (χ4n) is 1.80. The Balaban J connectivity index is 2.01. The number of amides is 2. The molecule has 0 saturated heterocycles. The first-order valence-electron chi connectivity index (χ1n) is 6.48. The summed E-state index contributed by atoms with van der Waals surface area (Å²) in [6.07, 6.45) is 0. The van der Waals surface area contributed by atoms with Crippen LogP contribution in [0.15, 0.2) is 48.5 Å². The average molecular weight is 272 g/mol. The Morgan fingerprint density at radius 2 is 1.65 bits per heavy atom. The SMILES string of the molecule is CC(C)c1cccc(NC(=O)Nc2ccc(F)cc2)c1. The Hall–Kier alpha value is -2.36. The van der Waals surface area contributed by atoms with Gasteiger partial charge in [0.2, 0.25) is 0 Å². The second-order valence-electron chi connectivity index (χ2n) is 4.87. The molecule has 0 spiro atoms. The molecule has 4 heteroatoms. The first kappa shape index (κ1) is 14.1. The number of nitrogens with one attached hydrogen (secondary N) is 2. The molecule has 0 unspecified atom stereocenters. The van der Waals surface area contributed by atoms with Gasteiger partial charge < -0.3 is 10.6 Å². The fraction of sp³-hybridized carbons (Fsp3) is 0.188. The number of hydrogen-bond acceptors (Lipinski definition) is 1. The van der Waals surface area contributed by atoms with Crippen LogP contribution in [0, 0.1) is 5.82 Å². The van der Waals surface area contributed by atoms with Crippen LogP contribution in [0.1, 0.15) is 25.3 Å². The molecule has 3 nitrogen and oxygen atoms in total. The number of halogens is 1. The minimum Gasteiger partial charge on any atom is -0.308 e. The maximum absolute atomic E-state index is 12.8. The molecule has 0 atom stereocenters. The third-order valence-electron chi connectivity index (χ3n) is 2.91. The number of carbonyl (C=O) groups excluding carboxylic acids is 1. The van der Waals surface area contributed by atoms with E-state index in [-0.39, 0.29) is 11.8 Å². The molecule has 0 heterocycles. The largest absolute Gasteiger partial charge is 0.323 e. The van der Waals surface area contributed by atoms with Crippen LogP contribution in [0.3, 0.4) is 0 Å². The van der Waals surface area contributed by atoms with Gasteiger partial charge in [0.05, 0.1) is 0 Å². The van der Waals surface area contributed by atoms with Crippen molar-refractivity contribution < 1.29 is 9.18 Å². The van der Waals surface area contributed by atoms with E-state index in [0.717, 1.165) is 11.3 Å². The summed E-state index contributed by atoms with van der Waals surface area (Å²) in [7, 11) is 0. The Bertz CT molecular complexity index is 594. The van der Waals surface area contributed by atoms with Crippen LogP contribution >= 0.6 is 0 Å².